The van der Waals surface area contributed by atoms with E-state index in [1.165, 1.54) is 0 Å². The fraction of sp³-hybridized carbons (Fsp3) is 0.200. The Labute approximate surface area is 93.3 Å². The molecule has 0 unspecified atom stereocenters. The predicted molar refractivity (Wildman–Crippen MR) is 61.6 cm³/mol. The second kappa shape index (κ2) is 5.31. The van der Waals surface area contributed by atoms with Crippen molar-refractivity contribution >= 4 is 23.2 Å². The fourth-order valence-corrected chi connectivity index (χ4v) is 1.18. The topological polar surface area (TPSA) is 61.4 Å². The monoisotopic (exact) mass is 224 g/mol. The lowest BCUT2D eigenvalue weighted by atomic mass is 10.1. The predicted octanol–water partition coefficient (Wildman–Crippen LogP) is 0.555. The van der Waals surface area contributed by atoms with Gasteiger partial charge in [0.25, 0.3) is 0 Å². The molecule has 0 saturated carbocycles. The standard InChI is InChI=1S/C10H12N2O2S/c1-11-10(15)12-9(14)6-7-4-2-3-5-8(7)13/h2-5,13H,6H2,1H3,(H2,11,12,14,15). The van der Waals surface area contributed by atoms with E-state index in [4.69, 9.17) is 12.2 Å². The number of benzene rings is 1. The van der Waals surface area contributed by atoms with Gasteiger partial charge in [-0.3, -0.25) is 4.79 Å². The molecule has 0 bridgehead atoms. The largest absolute Gasteiger partial charge is 0.508 e. The smallest absolute Gasteiger partial charge is 0.230 e. The number of phenolic OH excluding ortho intramolecular Hbond substituents is 1. The van der Waals surface area contributed by atoms with Crippen LogP contribution in [0, 0.1) is 0 Å². The highest BCUT2D eigenvalue weighted by Crippen LogP contribution is 2.15. The normalized spacial score (nSPS) is 9.40. The maximum absolute atomic E-state index is 11.4. The van der Waals surface area contributed by atoms with Crippen molar-refractivity contribution in [3.05, 3.63) is 29.8 Å². The van der Waals surface area contributed by atoms with Crippen LogP contribution >= 0.6 is 12.2 Å². The molecule has 0 fully saturated rings. The Hall–Kier alpha value is -1.62. The third-order valence-corrected chi connectivity index (χ3v) is 2.13. The lowest BCUT2D eigenvalue weighted by molar-refractivity contribution is -0.119. The SMILES string of the molecule is CNC(=S)NC(=O)Cc1ccccc1O. The van der Waals surface area contributed by atoms with Crippen LogP contribution in [0.3, 0.4) is 0 Å². The molecule has 3 N–H and O–H groups in total. The Balaban J connectivity index is 2.59. The molecule has 0 aromatic heterocycles. The van der Waals surface area contributed by atoms with E-state index >= 15 is 0 Å². The van der Waals surface area contributed by atoms with Crippen LogP contribution in [-0.4, -0.2) is 23.2 Å². The van der Waals surface area contributed by atoms with Crippen molar-refractivity contribution in [1.82, 2.24) is 10.6 Å². The van der Waals surface area contributed by atoms with Crippen LogP contribution in [0.5, 0.6) is 5.75 Å². The van der Waals surface area contributed by atoms with Gasteiger partial charge in [0.1, 0.15) is 5.75 Å². The molecule has 0 aliphatic carbocycles. The number of carbonyl (C=O) groups is 1. The van der Waals surface area contributed by atoms with E-state index in [9.17, 15) is 9.90 Å². The third-order valence-electron chi connectivity index (χ3n) is 1.82. The van der Waals surface area contributed by atoms with Crippen LogP contribution in [0.1, 0.15) is 5.56 Å². The van der Waals surface area contributed by atoms with E-state index in [1.54, 1.807) is 31.3 Å². The van der Waals surface area contributed by atoms with Gasteiger partial charge in [0, 0.05) is 12.6 Å². The summed E-state index contributed by atoms with van der Waals surface area (Å²) >= 11 is 4.78. The molecule has 0 atom stereocenters. The van der Waals surface area contributed by atoms with Crippen LogP contribution in [0.15, 0.2) is 24.3 Å². The van der Waals surface area contributed by atoms with Gasteiger partial charge in [-0.1, -0.05) is 18.2 Å². The van der Waals surface area contributed by atoms with E-state index in [2.05, 4.69) is 10.6 Å². The number of para-hydroxylation sites is 1. The minimum Gasteiger partial charge on any atom is -0.508 e. The Morgan fingerprint density at radius 2 is 2.13 bits per heavy atom. The number of hydrogen-bond acceptors (Lipinski definition) is 3. The highest BCUT2D eigenvalue weighted by Gasteiger charge is 2.07. The summed E-state index contributed by atoms with van der Waals surface area (Å²) in [7, 11) is 1.63. The molecule has 0 radical (unpaired) electrons. The fourth-order valence-electron chi connectivity index (χ4n) is 1.07. The minimum absolute atomic E-state index is 0.106. The van der Waals surface area contributed by atoms with Gasteiger partial charge in [0.15, 0.2) is 5.11 Å². The molecule has 0 saturated heterocycles. The number of phenols is 1. The Morgan fingerprint density at radius 3 is 2.73 bits per heavy atom. The second-order valence-electron chi connectivity index (χ2n) is 2.93. The first-order valence-corrected chi connectivity index (χ1v) is 4.82. The zero-order valence-electron chi connectivity index (χ0n) is 8.28. The first-order valence-electron chi connectivity index (χ1n) is 4.42. The van der Waals surface area contributed by atoms with Crippen molar-refractivity contribution in [2.24, 2.45) is 0 Å². The van der Waals surface area contributed by atoms with Gasteiger partial charge in [-0.2, -0.15) is 0 Å². The zero-order valence-corrected chi connectivity index (χ0v) is 9.10. The van der Waals surface area contributed by atoms with Gasteiger partial charge in [0.2, 0.25) is 5.91 Å². The Kier molecular flexibility index (Phi) is 4.05. The molecule has 4 nitrogen and oxygen atoms in total. The van der Waals surface area contributed by atoms with Crippen molar-refractivity contribution < 1.29 is 9.90 Å². The third kappa shape index (κ3) is 3.55. The van der Waals surface area contributed by atoms with E-state index in [0.717, 1.165) is 0 Å². The van der Waals surface area contributed by atoms with Gasteiger partial charge in [-0.15, -0.1) is 0 Å². The molecule has 0 aliphatic rings. The van der Waals surface area contributed by atoms with Crippen LogP contribution in [-0.2, 0) is 11.2 Å². The van der Waals surface area contributed by atoms with Crippen LogP contribution < -0.4 is 10.6 Å². The molecule has 0 heterocycles. The summed E-state index contributed by atoms with van der Waals surface area (Å²) < 4.78 is 0. The summed E-state index contributed by atoms with van der Waals surface area (Å²) in [5.74, 6) is -0.140. The summed E-state index contributed by atoms with van der Waals surface area (Å²) in [5, 5.41) is 14.8. The molecule has 1 aromatic rings. The molecule has 1 rings (SSSR count). The molecule has 1 aromatic carbocycles. The maximum Gasteiger partial charge on any atom is 0.230 e. The molecule has 80 valence electrons. The molecule has 5 heteroatoms. The molecule has 0 spiro atoms. The first-order chi connectivity index (χ1) is 7.13. The first kappa shape index (κ1) is 11.5. The number of nitrogens with one attached hydrogen (secondary N) is 2. The van der Waals surface area contributed by atoms with E-state index < -0.39 is 0 Å². The highest BCUT2D eigenvalue weighted by molar-refractivity contribution is 7.80. The zero-order chi connectivity index (χ0) is 11.3. The van der Waals surface area contributed by atoms with Crippen molar-refractivity contribution in [1.29, 1.82) is 0 Å². The lowest BCUT2D eigenvalue weighted by Crippen LogP contribution is -2.37. The van der Waals surface area contributed by atoms with Gasteiger partial charge in [-0.05, 0) is 18.3 Å². The van der Waals surface area contributed by atoms with Crippen LogP contribution in [0.25, 0.3) is 0 Å². The average Bonchev–Trinajstić information content (AvgIpc) is 2.21. The molecular formula is C10H12N2O2S. The van der Waals surface area contributed by atoms with Gasteiger partial charge < -0.3 is 15.7 Å². The van der Waals surface area contributed by atoms with E-state index in [0.29, 0.717) is 5.56 Å². The summed E-state index contributed by atoms with van der Waals surface area (Å²) in [6.07, 6.45) is 0.106. The van der Waals surface area contributed by atoms with Crippen molar-refractivity contribution in [3.63, 3.8) is 0 Å². The van der Waals surface area contributed by atoms with Crippen LogP contribution in [0.4, 0.5) is 0 Å². The van der Waals surface area contributed by atoms with E-state index in [1.807, 2.05) is 0 Å². The highest BCUT2D eigenvalue weighted by atomic mass is 32.1. The number of aromatic hydroxyl groups is 1. The summed E-state index contributed by atoms with van der Waals surface area (Å²) in [5.41, 5.74) is 0.578. The van der Waals surface area contributed by atoms with Gasteiger partial charge >= 0.3 is 0 Å². The number of hydrogen-bond donors (Lipinski definition) is 3. The Bertz CT molecular complexity index is 379. The number of thiocarbonyl (C=S) groups is 1. The molecular weight excluding hydrogens is 212 g/mol. The molecule has 1 amide bonds. The van der Waals surface area contributed by atoms with E-state index in [-0.39, 0.29) is 23.2 Å². The number of amides is 1. The quantitative estimate of drug-likeness (QED) is 0.642. The summed E-state index contributed by atoms with van der Waals surface area (Å²) in [6.45, 7) is 0. The van der Waals surface area contributed by atoms with Crippen molar-refractivity contribution in [2.75, 3.05) is 7.05 Å². The minimum atomic E-state index is -0.254. The number of rotatable bonds is 2. The molecule has 15 heavy (non-hydrogen) atoms. The summed E-state index contributed by atoms with van der Waals surface area (Å²) in [4.78, 5) is 11.4. The van der Waals surface area contributed by atoms with Crippen molar-refractivity contribution in [3.8, 4) is 5.75 Å². The van der Waals surface area contributed by atoms with Crippen molar-refractivity contribution in [2.45, 2.75) is 6.42 Å². The van der Waals surface area contributed by atoms with Gasteiger partial charge in [-0.25, -0.2) is 0 Å². The average molecular weight is 224 g/mol. The molecule has 0 aliphatic heterocycles. The number of carbonyl (C=O) groups excluding carboxylic acids is 1. The van der Waals surface area contributed by atoms with Crippen LogP contribution in [0.2, 0.25) is 0 Å². The maximum atomic E-state index is 11.4. The van der Waals surface area contributed by atoms with Gasteiger partial charge in [0.05, 0.1) is 6.42 Å². The summed E-state index contributed by atoms with van der Waals surface area (Å²) in [6, 6.07) is 6.70. The lowest BCUT2D eigenvalue weighted by Gasteiger charge is -2.06. The second-order valence-corrected chi connectivity index (χ2v) is 3.34. The Morgan fingerprint density at radius 1 is 1.47 bits per heavy atom.